The van der Waals surface area contributed by atoms with Gasteiger partial charge in [0.25, 0.3) is 5.91 Å². The van der Waals surface area contributed by atoms with E-state index in [-0.39, 0.29) is 18.8 Å². The lowest BCUT2D eigenvalue weighted by atomic mass is 10.1. The molecule has 1 atom stereocenters. The number of esters is 1. The fourth-order valence-corrected chi connectivity index (χ4v) is 2.13. The number of imidazole rings is 1. The highest BCUT2D eigenvalue weighted by Gasteiger charge is 2.19. The van der Waals surface area contributed by atoms with Crippen LogP contribution in [0.15, 0.2) is 6.20 Å². The van der Waals surface area contributed by atoms with Gasteiger partial charge in [-0.25, -0.2) is 9.78 Å². The molecule has 1 rings (SSSR count). The van der Waals surface area contributed by atoms with E-state index in [2.05, 4.69) is 20.4 Å². The van der Waals surface area contributed by atoms with Crippen molar-refractivity contribution in [1.29, 1.82) is 0 Å². The quantitative estimate of drug-likeness (QED) is 0.560. The summed E-state index contributed by atoms with van der Waals surface area (Å²) in [5.74, 6) is -0.632. The van der Waals surface area contributed by atoms with Gasteiger partial charge >= 0.3 is 12.1 Å². The number of carbonyl (C=O) groups excluding carboxylic acids is 3. The second-order valence-electron chi connectivity index (χ2n) is 7.01. The second-order valence-corrected chi connectivity index (χ2v) is 7.01. The van der Waals surface area contributed by atoms with Crippen LogP contribution in [0.25, 0.3) is 0 Å². The number of aryl methyl sites for hydroxylation is 1. The van der Waals surface area contributed by atoms with E-state index in [0.717, 1.165) is 0 Å². The Kier molecular flexibility index (Phi) is 8.23. The molecule has 1 unspecified atom stereocenters. The van der Waals surface area contributed by atoms with Crippen LogP contribution in [-0.2, 0) is 21.3 Å². The van der Waals surface area contributed by atoms with E-state index < -0.39 is 29.6 Å². The topological polar surface area (TPSA) is 138 Å². The van der Waals surface area contributed by atoms with Crippen LogP contribution in [0.4, 0.5) is 4.79 Å². The van der Waals surface area contributed by atoms with Crippen molar-refractivity contribution in [3.63, 3.8) is 0 Å². The highest BCUT2D eigenvalue weighted by molar-refractivity contribution is 5.91. The molecule has 0 aliphatic heterocycles. The van der Waals surface area contributed by atoms with Gasteiger partial charge in [-0.3, -0.25) is 9.59 Å². The van der Waals surface area contributed by atoms with Gasteiger partial charge in [0.1, 0.15) is 5.60 Å². The molecule has 1 aromatic rings. The average molecular weight is 383 g/mol. The van der Waals surface area contributed by atoms with Crippen molar-refractivity contribution in [2.45, 2.75) is 45.3 Å². The molecular weight excluding hydrogens is 354 g/mol. The van der Waals surface area contributed by atoms with Gasteiger partial charge in [-0.2, -0.15) is 0 Å². The van der Waals surface area contributed by atoms with Gasteiger partial charge in [-0.05, 0) is 27.2 Å². The zero-order chi connectivity index (χ0) is 20.6. The van der Waals surface area contributed by atoms with Crippen molar-refractivity contribution < 1.29 is 23.9 Å². The van der Waals surface area contributed by atoms with E-state index in [0.29, 0.717) is 18.7 Å². The number of alkyl carbamates (subject to hydrolysis) is 1. The van der Waals surface area contributed by atoms with Gasteiger partial charge < -0.3 is 30.4 Å². The van der Waals surface area contributed by atoms with Crippen molar-refractivity contribution in [3.8, 4) is 0 Å². The lowest BCUT2D eigenvalue weighted by Crippen LogP contribution is -2.34. The van der Waals surface area contributed by atoms with Crippen LogP contribution in [0.5, 0.6) is 0 Å². The lowest BCUT2D eigenvalue weighted by Gasteiger charge is -2.20. The van der Waals surface area contributed by atoms with Gasteiger partial charge in [0, 0.05) is 26.3 Å². The molecule has 0 radical (unpaired) electrons. The first-order valence-corrected chi connectivity index (χ1v) is 8.64. The SMILES string of the molecule is COC(=O)CCNC(=O)c1nc(C(N)CCNC(=O)OC(C)(C)C)cn1C. The number of aromatic nitrogens is 2. The summed E-state index contributed by atoms with van der Waals surface area (Å²) in [6, 6.07) is -0.456. The third-order valence-corrected chi connectivity index (χ3v) is 3.44. The third kappa shape index (κ3) is 8.07. The number of rotatable bonds is 8. The summed E-state index contributed by atoms with van der Waals surface area (Å²) in [6.45, 7) is 5.81. The maximum absolute atomic E-state index is 12.1. The van der Waals surface area contributed by atoms with E-state index in [4.69, 9.17) is 10.5 Å². The molecular formula is C17H29N5O5. The number of nitrogens with one attached hydrogen (secondary N) is 2. The molecule has 10 heteroatoms. The summed E-state index contributed by atoms with van der Waals surface area (Å²) in [7, 11) is 2.96. The van der Waals surface area contributed by atoms with Gasteiger partial charge in [-0.15, -0.1) is 0 Å². The normalized spacial score (nSPS) is 12.2. The minimum Gasteiger partial charge on any atom is -0.469 e. The average Bonchev–Trinajstić information content (AvgIpc) is 2.94. The van der Waals surface area contributed by atoms with Crippen molar-refractivity contribution in [1.82, 2.24) is 20.2 Å². The molecule has 2 amide bonds. The second kappa shape index (κ2) is 9.91. The van der Waals surface area contributed by atoms with Crippen LogP contribution in [0.2, 0.25) is 0 Å². The minimum absolute atomic E-state index is 0.0787. The van der Waals surface area contributed by atoms with Gasteiger partial charge in [0.15, 0.2) is 5.82 Å². The number of amides is 2. The summed E-state index contributed by atoms with van der Waals surface area (Å²) in [6.07, 6.45) is 1.66. The van der Waals surface area contributed by atoms with E-state index in [9.17, 15) is 14.4 Å². The van der Waals surface area contributed by atoms with E-state index in [1.807, 2.05) is 0 Å². The molecule has 152 valence electrons. The van der Waals surface area contributed by atoms with Crippen LogP contribution in [0.1, 0.15) is 56.0 Å². The molecule has 0 fully saturated rings. The molecule has 0 aromatic carbocycles. The summed E-state index contributed by atoms with van der Waals surface area (Å²) < 4.78 is 11.2. The Morgan fingerprint density at radius 1 is 1.26 bits per heavy atom. The molecule has 4 N–H and O–H groups in total. The first-order chi connectivity index (χ1) is 12.5. The predicted molar refractivity (Wildman–Crippen MR) is 98.0 cm³/mol. The highest BCUT2D eigenvalue weighted by atomic mass is 16.6. The number of methoxy groups -OCH3 is 1. The van der Waals surface area contributed by atoms with E-state index in [1.54, 1.807) is 38.6 Å². The van der Waals surface area contributed by atoms with E-state index >= 15 is 0 Å². The Hall–Kier alpha value is -2.62. The first-order valence-electron chi connectivity index (χ1n) is 8.64. The fourth-order valence-electron chi connectivity index (χ4n) is 2.13. The maximum Gasteiger partial charge on any atom is 0.407 e. The molecule has 0 saturated heterocycles. The monoisotopic (exact) mass is 383 g/mol. The van der Waals surface area contributed by atoms with Crippen molar-refractivity contribution in [3.05, 3.63) is 17.7 Å². The smallest absolute Gasteiger partial charge is 0.407 e. The third-order valence-electron chi connectivity index (χ3n) is 3.44. The first kappa shape index (κ1) is 22.4. The fraction of sp³-hybridized carbons (Fsp3) is 0.647. The Morgan fingerprint density at radius 3 is 2.52 bits per heavy atom. The number of nitrogens with two attached hydrogens (primary N) is 1. The Labute approximate surface area is 158 Å². The summed E-state index contributed by atoms with van der Waals surface area (Å²) in [5, 5.41) is 5.23. The molecule has 1 heterocycles. The number of hydrogen-bond donors (Lipinski definition) is 3. The molecule has 0 aliphatic carbocycles. The Balaban J connectivity index is 2.51. The molecule has 10 nitrogen and oxygen atoms in total. The predicted octanol–water partition coefficient (Wildman–Crippen LogP) is 0.628. The van der Waals surface area contributed by atoms with Crippen LogP contribution in [0, 0.1) is 0 Å². The Morgan fingerprint density at radius 2 is 1.93 bits per heavy atom. The van der Waals surface area contributed by atoms with Crippen molar-refractivity contribution in [2.75, 3.05) is 20.2 Å². The van der Waals surface area contributed by atoms with Gasteiger partial charge in [-0.1, -0.05) is 0 Å². The molecule has 1 aromatic heterocycles. The van der Waals surface area contributed by atoms with Crippen LogP contribution in [-0.4, -0.2) is 53.3 Å². The summed E-state index contributed by atoms with van der Waals surface area (Å²) in [5.41, 5.74) is 6.05. The molecule has 0 spiro atoms. The zero-order valence-electron chi connectivity index (χ0n) is 16.5. The molecule has 27 heavy (non-hydrogen) atoms. The van der Waals surface area contributed by atoms with Gasteiger partial charge in [0.05, 0.1) is 25.3 Å². The summed E-state index contributed by atoms with van der Waals surface area (Å²) >= 11 is 0. The Bertz CT molecular complexity index is 665. The van der Waals surface area contributed by atoms with E-state index in [1.165, 1.54) is 7.11 Å². The standard InChI is InChI=1S/C17H29N5O5/c1-17(2,3)27-16(25)20-8-6-11(18)12-10-22(4)14(21-12)15(24)19-9-7-13(23)26-5/h10-11H,6-9,18H2,1-5H3,(H,19,24)(H,20,25). The van der Waals surface area contributed by atoms with Crippen LogP contribution >= 0.6 is 0 Å². The minimum atomic E-state index is -0.566. The van der Waals surface area contributed by atoms with Crippen LogP contribution < -0.4 is 16.4 Å². The highest BCUT2D eigenvalue weighted by Crippen LogP contribution is 2.13. The van der Waals surface area contributed by atoms with Crippen molar-refractivity contribution >= 4 is 18.0 Å². The summed E-state index contributed by atoms with van der Waals surface area (Å²) in [4.78, 5) is 39.1. The zero-order valence-corrected chi connectivity index (χ0v) is 16.5. The largest absolute Gasteiger partial charge is 0.469 e. The molecule has 0 saturated carbocycles. The number of nitrogens with zero attached hydrogens (tertiary/aromatic N) is 2. The van der Waals surface area contributed by atoms with Gasteiger partial charge in [0.2, 0.25) is 0 Å². The maximum atomic E-state index is 12.1. The number of carbonyl (C=O) groups is 3. The number of ether oxygens (including phenoxy) is 2. The number of hydrogen-bond acceptors (Lipinski definition) is 7. The lowest BCUT2D eigenvalue weighted by molar-refractivity contribution is -0.140. The van der Waals surface area contributed by atoms with Crippen molar-refractivity contribution in [2.24, 2.45) is 12.8 Å². The molecule has 0 aliphatic rings. The van der Waals surface area contributed by atoms with Crippen LogP contribution in [0.3, 0.4) is 0 Å². The molecule has 0 bridgehead atoms.